The molecule has 8 heteroatoms. The summed E-state index contributed by atoms with van der Waals surface area (Å²) in [6.45, 7) is 4.81. The molecule has 3 heterocycles. The Kier molecular flexibility index (Phi) is 6.32. The molecule has 7 nitrogen and oxygen atoms in total. The average molecular weight is 450 g/mol. The maximum absolute atomic E-state index is 13.1. The Labute approximate surface area is 190 Å². The number of carbonyl (C=O) groups is 2. The molecule has 1 unspecified atom stereocenters. The van der Waals surface area contributed by atoms with Gasteiger partial charge in [-0.1, -0.05) is 26.0 Å². The summed E-state index contributed by atoms with van der Waals surface area (Å²) in [7, 11) is 0. The van der Waals surface area contributed by atoms with Crippen molar-refractivity contribution in [2.45, 2.75) is 26.3 Å². The quantitative estimate of drug-likeness (QED) is 0.322. The number of ketones is 1. The van der Waals surface area contributed by atoms with E-state index in [4.69, 9.17) is 4.74 Å². The number of amides is 1. The molecule has 32 heavy (non-hydrogen) atoms. The van der Waals surface area contributed by atoms with Gasteiger partial charge in [-0.3, -0.25) is 19.5 Å². The normalized spacial score (nSPS) is 17.8. The summed E-state index contributed by atoms with van der Waals surface area (Å²) in [4.78, 5) is 35.6. The number of ether oxygens (including phenoxy) is 1. The van der Waals surface area contributed by atoms with Crippen LogP contribution >= 0.6 is 11.3 Å². The Balaban J connectivity index is 1.81. The Morgan fingerprint density at radius 2 is 1.97 bits per heavy atom. The van der Waals surface area contributed by atoms with Crippen molar-refractivity contribution in [1.82, 2.24) is 9.97 Å². The van der Waals surface area contributed by atoms with Gasteiger partial charge in [-0.15, -0.1) is 11.3 Å². The maximum Gasteiger partial charge on any atom is 0.301 e. The van der Waals surface area contributed by atoms with Crippen molar-refractivity contribution in [1.29, 1.82) is 0 Å². The van der Waals surface area contributed by atoms with Crippen LogP contribution in [-0.2, 0) is 9.59 Å². The van der Waals surface area contributed by atoms with Crippen LogP contribution in [0.3, 0.4) is 0 Å². The molecule has 1 saturated heterocycles. The summed E-state index contributed by atoms with van der Waals surface area (Å²) >= 11 is 1.25. The second-order valence-electron chi connectivity index (χ2n) is 7.82. The zero-order valence-electron chi connectivity index (χ0n) is 17.8. The first-order valence-corrected chi connectivity index (χ1v) is 11.2. The molecule has 1 aliphatic heterocycles. The van der Waals surface area contributed by atoms with Gasteiger partial charge >= 0.3 is 5.91 Å². The molecule has 164 valence electrons. The van der Waals surface area contributed by atoms with E-state index in [1.165, 1.54) is 28.6 Å². The smallest absolute Gasteiger partial charge is 0.301 e. The molecule has 1 fully saturated rings. The standard InChI is InChI=1S/C24H23N3O4S/c1-15(2)8-12-31-18-5-3-4-17(14-18)20-19(21(28)16-6-9-25-10-7-16)22(29)23(30)27(20)24-26-11-13-32-24/h3-7,9-11,13-15,20,28H,8,12H2,1-2H3/b21-19+. The molecule has 0 saturated carbocycles. The van der Waals surface area contributed by atoms with Crippen LogP contribution in [0.15, 0.2) is 65.9 Å². The lowest BCUT2D eigenvalue weighted by molar-refractivity contribution is -0.132. The highest BCUT2D eigenvalue weighted by atomic mass is 32.1. The van der Waals surface area contributed by atoms with Crippen LogP contribution in [0.5, 0.6) is 5.75 Å². The SMILES string of the molecule is CC(C)CCOc1cccc(C2/C(=C(\O)c3ccncc3)C(=O)C(=O)N2c2nccs2)c1. The van der Waals surface area contributed by atoms with Crippen LogP contribution in [-0.4, -0.2) is 33.4 Å². The minimum absolute atomic E-state index is 0.00994. The number of thiazole rings is 1. The molecule has 0 spiro atoms. The van der Waals surface area contributed by atoms with Crippen molar-refractivity contribution >= 4 is 33.9 Å². The van der Waals surface area contributed by atoms with Gasteiger partial charge in [0.2, 0.25) is 0 Å². The van der Waals surface area contributed by atoms with Gasteiger partial charge in [0.25, 0.3) is 5.78 Å². The predicted octanol–water partition coefficient (Wildman–Crippen LogP) is 4.59. The average Bonchev–Trinajstić information content (AvgIpc) is 3.41. The fourth-order valence-electron chi connectivity index (χ4n) is 3.53. The Hall–Kier alpha value is -3.52. The number of anilines is 1. The van der Waals surface area contributed by atoms with E-state index in [2.05, 4.69) is 23.8 Å². The fourth-order valence-corrected chi connectivity index (χ4v) is 4.20. The number of benzene rings is 1. The van der Waals surface area contributed by atoms with Crippen LogP contribution in [0.25, 0.3) is 5.76 Å². The predicted molar refractivity (Wildman–Crippen MR) is 123 cm³/mol. The number of aromatic nitrogens is 2. The lowest BCUT2D eigenvalue weighted by Gasteiger charge is -2.23. The van der Waals surface area contributed by atoms with Crippen LogP contribution < -0.4 is 9.64 Å². The summed E-state index contributed by atoms with van der Waals surface area (Å²) in [6, 6.07) is 9.62. The van der Waals surface area contributed by atoms with E-state index in [1.54, 1.807) is 29.8 Å². The number of hydrogen-bond acceptors (Lipinski definition) is 7. The number of nitrogens with zero attached hydrogens (tertiary/aromatic N) is 3. The Morgan fingerprint density at radius 1 is 1.19 bits per heavy atom. The Morgan fingerprint density at radius 3 is 2.66 bits per heavy atom. The van der Waals surface area contributed by atoms with Crippen LogP contribution in [0.1, 0.15) is 37.4 Å². The van der Waals surface area contributed by atoms with E-state index in [0.717, 1.165) is 6.42 Å². The van der Waals surface area contributed by atoms with Crippen molar-refractivity contribution in [2.24, 2.45) is 5.92 Å². The highest BCUT2D eigenvalue weighted by molar-refractivity contribution is 7.14. The van der Waals surface area contributed by atoms with Gasteiger partial charge in [-0.25, -0.2) is 4.98 Å². The van der Waals surface area contributed by atoms with Gasteiger partial charge in [0.15, 0.2) is 5.13 Å². The molecule has 0 bridgehead atoms. The first-order valence-electron chi connectivity index (χ1n) is 10.3. The molecular weight excluding hydrogens is 426 g/mol. The lowest BCUT2D eigenvalue weighted by atomic mass is 9.95. The molecule has 1 aromatic carbocycles. The first-order chi connectivity index (χ1) is 15.5. The first kappa shape index (κ1) is 21.7. The number of hydrogen-bond donors (Lipinski definition) is 1. The number of rotatable bonds is 7. The summed E-state index contributed by atoms with van der Waals surface area (Å²) in [5.74, 6) is -0.592. The van der Waals surface area contributed by atoms with Gasteiger partial charge in [-0.2, -0.15) is 0 Å². The van der Waals surface area contributed by atoms with Gasteiger partial charge in [0.05, 0.1) is 18.2 Å². The van der Waals surface area contributed by atoms with Crippen molar-refractivity contribution in [3.05, 3.63) is 77.1 Å². The van der Waals surface area contributed by atoms with Crippen molar-refractivity contribution in [2.75, 3.05) is 11.5 Å². The van der Waals surface area contributed by atoms with Crippen molar-refractivity contribution < 1.29 is 19.4 Å². The third-order valence-corrected chi connectivity index (χ3v) is 5.93. The van der Waals surface area contributed by atoms with E-state index in [0.29, 0.717) is 34.5 Å². The molecule has 1 N–H and O–H groups in total. The highest BCUT2D eigenvalue weighted by Crippen LogP contribution is 2.43. The topological polar surface area (TPSA) is 92.6 Å². The van der Waals surface area contributed by atoms with E-state index in [-0.39, 0.29) is 11.3 Å². The maximum atomic E-state index is 13.1. The second kappa shape index (κ2) is 9.32. The summed E-state index contributed by atoms with van der Waals surface area (Å²) in [5.41, 5.74) is 1.07. The van der Waals surface area contributed by atoms with Gasteiger partial charge < -0.3 is 9.84 Å². The highest BCUT2D eigenvalue weighted by Gasteiger charge is 2.48. The van der Waals surface area contributed by atoms with Crippen LogP contribution in [0.2, 0.25) is 0 Å². The molecule has 1 atom stereocenters. The molecular formula is C24H23N3O4S. The summed E-state index contributed by atoms with van der Waals surface area (Å²) < 4.78 is 5.89. The molecule has 0 radical (unpaired) electrons. The van der Waals surface area contributed by atoms with E-state index >= 15 is 0 Å². The zero-order valence-corrected chi connectivity index (χ0v) is 18.6. The lowest BCUT2D eigenvalue weighted by Crippen LogP contribution is -2.29. The van der Waals surface area contributed by atoms with Gasteiger partial charge in [0, 0.05) is 29.5 Å². The third-order valence-electron chi connectivity index (χ3n) is 5.16. The van der Waals surface area contributed by atoms with Gasteiger partial charge in [-0.05, 0) is 42.2 Å². The van der Waals surface area contributed by atoms with E-state index in [1.807, 2.05) is 18.2 Å². The monoisotopic (exact) mass is 449 g/mol. The third kappa shape index (κ3) is 4.27. The molecule has 0 aliphatic carbocycles. The second-order valence-corrected chi connectivity index (χ2v) is 8.70. The van der Waals surface area contributed by atoms with Crippen molar-refractivity contribution in [3.63, 3.8) is 0 Å². The molecule has 4 rings (SSSR count). The number of carbonyl (C=O) groups excluding carboxylic acids is 2. The van der Waals surface area contributed by atoms with Gasteiger partial charge in [0.1, 0.15) is 11.5 Å². The fraction of sp³-hybridized carbons (Fsp3) is 0.250. The minimum Gasteiger partial charge on any atom is -0.507 e. The Bertz CT molecular complexity index is 1140. The molecule has 2 aromatic heterocycles. The number of pyridine rings is 1. The van der Waals surface area contributed by atoms with Crippen molar-refractivity contribution in [3.8, 4) is 5.75 Å². The number of aliphatic hydroxyl groups excluding tert-OH is 1. The molecule has 3 aromatic rings. The van der Waals surface area contributed by atoms with Crippen LogP contribution in [0, 0.1) is 5.92 Å². The number of Topliss-reactive ketones (excluding diaryl/α,β-unsaturated/α-hetero) is 1. The summed E-state index contributed by atoms with van der Waals surface area (Å²) in [5, 5.41) is 13.2. The van der Waals surface area contributed by atoms with Crippen LogP contribution in [0.4, 0.5) is 5.13 Å². The largest absolute Gasteiger partial charge is 0.507 e. The summed E-state index contributed by atoms with van der Waals surface area (Å²) in [6.07, 6.45) is 5.52. The minimum atomic E-state index is -0.831. The van der Waals surface area contributed by atoms with E-state index in [9.17, 15) is 14.7 Å². The van der Waals surface area contributed by atoms with E-state index < -0.39 is 17.7 Å². The molecule has 1 aliphatic rings. The molecule has 1 amide bonds. The zero-order chi connectivity index (χ0) is 22.7. The number of aliphatic hydroxyl groups is 1.